The molecule has 0 amide bonds. The van der Waals surface area contributed by atoms with Crippen LogP contribution in [0.4, 0.5) is 5.69 Å². The van der Waals surface area contributed by atoms with Crippen molar-refractivity contribution in [3.63, 3.8) is 0 Å². The molecule has 17 heavy (non-hydrogen) atoms. The minimum absolute atomic E-state index is 0.351. The summed E-state index contributed by atoms with van der Waals surface area (Å²) in [7, 11) is 2.06. The lowest BCUT2D eigenvalue weighted by atomic mass is 10.2. The van der Waals surface area contributed by atoms with Crippen molar-refractivity contribution in [2.45, 2.75) is 19.4 Å². The van der Waals surface area contributed by atoms with Gasteiger partial charge in [0.15, 0.2) is 0 Å². The number of nitrogens with zero attached hydrogens (tertiary/aromatic N) is 2. The maximum atomic E-state index is 5.69. The molecule has 0 aliphatic carbocycles. The lowest BCUT2D eigenvalue weighted by Crippen LogP contribution is -2.31. The Hall–Kier alpha value is -0.810. The van der Waals surface area contributed by atoms with Gasteiger partial charge in [0.25, 0.3) is 0 Å². The molecule has 5 heteroatoms. The van der Waals surface area contributed by atoms with Gasteiger partial charge in [-0.05, 0) is 37.5 Å². The number of pyridine rings is 1. The summed E-state index contributed by atoms with van der Waals surface area (Å²) in [5.41, 5.74) is 7.41. The molecule has 0 radical (unpaired) electrons. The van der Waals surface area contributed by atoms with Gasteiger partial charge in [-0.1, -0.05) is 12.2 Å². The van der Waals surface area contributed by atoms with Crippen molar-refractivity contribution in [1.82, 2.24) is 4.98 Å². The van der Waals surface area contributed by atoms with Crippen LogP contribution >= 0.6 is 24.0 Å². The van der Waals surface area contributed by atoms with E-state index in [1.165, 1.54) is 0 Å². The molecular formula is C12H19N3S2. The largest absolute Gasteiger partial charge is 0.388 e. The number of rotatable bonds is 6. The van der Waals surface area contributed by atoms with E-state index in [4.69, 9.17) is 18.0 Å². The summed E-state index contributed by atoms with van der Waals surface area (Å²) in [4.78, 5) is 6.79. The summed E-state index contributed by atoms with van der Waals surface area (Å²) >= 11 is 6.89. The Labute approximate surface area is 113 Å². The first-order valence-electron chi connectivity index (χ1n) is 5.54. The molecule has 1 aromatic rings. The molecule has 0 fully saturated rings. The highest BCUT2D eigenvalue weighted by Gasteiger charge is 2.15. The van der Waals surface area contributed by atoms with E-state index in [1.54, 1.807) is 6.20 Å². The molecule has 0 aliphatic heterocycles. The van der Waals surface area contributed by atoms with Crippen molar-refractivity contribution < 1.29 is 0 Å². The average molecular weight is 269 g/mol. The van der Waals surface area contributed by atoms with Crippen LogP contribution < -0.4 is 10.6 Å². The van der Waals surface area contributed by atoms with Crippen molar-refractivity contribution in [2.75, 3.05) is 24.0 Å². The molecule has 3 nitrogen and oxygen atoms in total. The summed E-state index contributed by atoms with van der Waals surface area (Å²) in [6.07, 6.45) is 4.97. The second kappa shape index (κ2) is 6.81. The minimum atomic E-state index is 0.351. The van der Waals surface area contributed by atoms with Gasteiger partial charge < -0.3 is 10.6 Å². The number of hydrogen-bond acceptors (Lipinski definition) is 4. The summed E-state index contributed by atoms with van der Waals surface area (Å²) in [6, 6.07) is 4.37. The van der Waals surface area contributed by atoms with Gasteiger partial charge >= 0.3 is 0 Å². The number of aromatic nitrogens is 1. The first-order chi connectivity index (χ1) is 8.07. The highest BCUT2D eigenvalue weighted by atomic mass is 32.2. The molecule has 0 saturated heterocycles. The lowest BCUT2D eigenvalue weighted by Gasteiger charge is -2.28. The van der Waals surface area contributed by atoms with Crippen LogP contribution in [0.15, 0.2) is 18.3 Å². The van der Waals surface area contributed by atoms with Crippen molar-refractivity contribution in [1.29, 1.82) is 0 Å². The van der Waals surface area contributed by atoms with Gasteiger partial charge in [-0.15, -0.1) is 0 Å². The number of thiocarbonyl (C=S) groups is 1. The molecule has 1 heterocycles. The van der Waals surface area contributed by atoms with Crippen LogP contribution in [-0.4, -0.2) is 35.1 Å². The molecular weight excluding hydrogens is 250 g/mol. The summed E-state index contributed by atoms with van der Waals surface area (Å²) in [5, 5.41) is 0. The van der Waals surface area contributed by atoms with Gasteiger partial charge in [-0.3, -0.25) is 4.98 Å². The normalized spacial score (nSPS) is 12.2. The Bertz CT molecular complexity index is 382. The van der Waals surface area contributed by atoms with E-state index in [2.05, 4.69) is 30.1 Å². The van der Waals surface area contributed by atoms with E-state index in [0.29, 0.717) is 16.7 Å². The standard InChI is InChI=1S/C12H19N3S2/c1-9(6-8-17-3)15(2)10-5-4-7-14-11(10)12(13)16/h4-5,7,9H,6,8H2,1-3H3,(H2,13,16). The fraction of sp³-hybridized carbons (Fsp3) is 0.500. The molecule has 1 rings (SSSR count). The monoisotopic (exact) mass is 269 g/mol. The Balaban J connectivity index is 2.87. The third-order valence-electron chi connectivity index (χ3n) is 2.80. The smallest absolute Gasteiger partial charge is 0.124 e. The lowest BCUT2D eigenvalue weighted by molar-refractivity contribution is 0.668. The van der Waals surface area contributed by atoms with E-state index in [0.717, 1.165) is 17.9 Å². The van der Waals surface area contributed by atoms with Gasteiger partial charge in [0, 0.05) is 19.3 Å². The van der Waals surface area contributed by atoms with E-state index in [9.17, 15) is 0 Å². The van der Waals surface area contributed by atoms with Gasteiger partial charge in [-0.2, -0.15) is 11.8 Å². The Morgan fingerprint density at radius 2 is 2.35 bits per heavy atom. The number of nitrogens with two attached hydrogens (primary N) is 1. The van der Waals surface area contributed by atoms with Gasteiger partial charge in [-0.25, -0.2) is 0 Å². The van der Waals surface area contributed by atoms with Crippen LogP contribution in [0.3, 0.4) is 0 Å². The van der Waals surface area contributed by atoms with Gasteiger partial charge in [0.2, 0.25) is 0 Å². The molecule has 1 aromatic heterocycles. The predicted molar refractivity (Wildman–Crippen MR) is 81.0 cm³/mol. The zero-order chi connectivity index (χ0) is 12.8. The first kappa shape index (κ1) is 14.3. The Morgan fingerprint density at radius 1 is 1.65 bits per heavy atom. The van der Waals surface area contributed by atoms with Gasteiger partial charge in [0.05, 0.1) is 5.69 Å². The molecule has 0 bridgehead atoms. The maximum Gasteiger partial charge on any atom is 0.124 e. The van der Waals surface area contributed by atoms with E-state index >= 15 is 0 Å². The highest BCUT2D eigenvalue weighted by Crippen LogP contribution is 2.20. The summed E-state index contributed by atoms with van der Waals surface area (Å²) < 4.78 is 0. The first-order valence-corrected chi connectivity index (χ1v) is 7.34. The second-order valence-electron chi connectivity index (χ2n) is 3.98. The highest BCUT2D eigenvalue weighted by molar-refractivity contribution is 7.98. The Kier molecular flexibility index (Phi) is 5.71. The molecule has 1 atom stereocenters. The van der Waals surface area contributed by atoms with Crippen LogP contribution in [0.2, 0.25) is 0 Å². The number of thioether (sulfide) groups is 1. The summed E-state index contributed by atoms with van der Waals surface area (Å²) in [5.74, 6) is 1.15. The van der Waals surface area contributed by atoms with Crippen molar-refractivity contribution in [3.05, 3.63) is 24.0 Å². The quantitative estimate of drug-likeness (QED) is 0.803. The third-order valence-corrected chi connectivity index (χ3v) is 3.64. The van der Waals surface area contributed by atoms with Crippen LogP contribution in [0.5, 0.6) is 0 Å². The van der Waals surface area contributed by atoms with Crippen LogP contribution in [0.1, 0.15) is 19.0 Å². The zero-order valence-electron chi connectivity index (χ0n) is 10.5. The molecule has 94 valence electrons. The average Bonchev–Trinajstić information content (AvgIpc) is 2.34. The van der Waals surface area contributed by atoms with Crippen LogP contribution in [0, 0.1) is 0 Å². The van der Waals surface area contributed by atoms with E-state index in [-0.39, 0.29) is 0 Å². The Morgan fingerprint density at radius 3 is 2.94 bits per heavy atom. The SMILES string of the molecule is CSCCC(C)N(C)c1cccnc1C(N)=S. The topological polar surface area (TPSA) is 42.2 Å². The molecule has 0 spiro atoms. The van der Waals surface area contributed by atoms with Gasteiger partial charge in [0.1, 0.15) is 10.7 Å². The predicted octanol–water partition coefficient (Wildman–Crippen LogP) is 2.29. The molecule has 0 aliphatic rings. The molecule has 0 aromatic carbocycles. The van der Waals surface area contributed by atoms with Crippen LogP contribution in [-0.2, 0) is 0 Å². The van der Waals surface area contributed by atoms with Crippen LogP contribution in [0.25, 0.3) is 0 Å². The number of hydrogen-bond donors (Lipinski definition) is 1. The number of anilines is 1. The fourth-order valence-electron chi connectivity index (χ4n) is 1.59. The summed E-state index contributed by atoms with van der Waals surface area (Å²) in [6.45, 7) is 2.20. The van der Waals surface area contributed by atoms with E-state index < -0.39 is 0 Å². The molecule has 0 saturated carbocycles. The van der Waals surface area contributed by atoms with Crippen molar-refractivity contribution in [2.24, 2.45) is 5.73 Å². The second-order valence-corrected chi connectivity index (χ2v) is 5.40. The third kappa shape index (κ3) is 3.85. The molecule has 2 N–H and O–H groups in total. The molecule has 1 unspecified atom stereocenters. The zero-order valence-corrected chi connectivity index (χ0v) is 12.1. The van der Waals surface area contributed by atoms with E-state index in [1.807, 2.05) is 23.9 Å². The fourth-order valence-corrected chi connectivity index (χ4v) is 2.32. The van der Waals surface area contributed by atoms with Crippen molar-refractivity contribution in [3.8, 4) is 0 Å². The van der Waals surface area contributed by atoms with Crippen molar-refractivity contribution >= 4 is 34.7 Å². The minimum Gasteiger partial charge on any atom is -0.388 e. The maximum absolute atomic E-state index is 5.69.